The summed E-state index contributed by atoms with van der Waals surface area (Å²) in [5.74, 6) is 1.75. The molecule has 1 fully saturated rings. The molecule has 0 saturated heterocycles. The fraction of sp³-hybridized carbons (Fsp3) is 0.375. The van der Waals surface area contributed by atoms with Crippen molar-refractivity contribution in [3.8, 4) is 11.5 Å². The fourth-order valence-corrected chi connectivity index (χ4v) is 4.44. The molecule has 1 saturated carbocycles. The number of rotatable bonds is 5. The van der Waals surface area contributed by atoms with Gasteiger partial charge in [-0.3, -0.25) is 9.88 Å². The summed E-state index contributed by atoms with van der Waals surface area (Å²) in [4.78, 5) is 16.8. The van der Waals surface area contributed by atoms with Gasteiger partial charge in [-0.2, -0.15) is 0 Å². The van der Waals surface area contributed by atoms with E-state index in [-0.39, 0.29) is 0 Å². The average molecular weight is 386 g/mol. The molecular weight excluding hydrogens is 358 g/mol. The van der Waals surface area contributed by atoms with Crippen LogP contribution in [0, 0.1) is 0 Å². The predicted octanol–water partition coefficient (Wildman–Crippen LogP) is 4.45. The van der Waals surface area contributed by atoms with Crippen molar-refractivity contribution < 1.29 is 0 Å². The number of nitrogens with zero attached hydrogens (tertiary/aromatic N) is 4. The van der Waals surface area contributed by atoms with Crippen molar-refractivity contribution in [3.63, 3.8) is 0 Å². The molecule has 3 aromatic rings. The second-order valence-electron chi connectivity index (χ2n) is 8.11. The van der Waals surface area contributed by atoms with E-state index in [9.17, 15) is 0 Å². The van der Waals surface area contributed by atoms with Crippen LogP contribution in [0.4, 0.5) is 5.82 Å². The molecule has 0 spiro atoms. The third-order valence-electron chi connectivity index (χ3n) is 5.98. The Labute approximate surface area is 172 Å². The van der Waals surface area contributed by atoms with Crippen molar-refractivity contribution >= 4 is 5.82 Å². The first kappa shape index (κ1) is 18.3. The van der Waals surface area contributed by atoms with E-state index in [1.54, 1.807) is 0 Å². The topological polar surface area (TPSA) is 53.9 Å². The Morgan fingerprint density at radius 2 is 1.79 bits per heavy atom. The van der Waals surface area contributed by atoms with Gasteiger partial charge in [0.05, 0.1) is 5.69 Å². The van der Waals surface area contributed by atoms with Gasteiger partial charge in [-0.25, -0.2) is 9.97 Å². The molecule has 2 aromatic heterocycles. The number of aromatic nitrogens is 3. The lowest BCUT2D eigenvalue weighted by molar-refractivity contribution is 0.243. The van der Waals surface area contributed by atoms with E-state index in [0.717, 1.165) is 43.4 Å². The van der Waals surface area contributed by atoms with Crippen LogP contribution in [0.15, 0.2) is 54.7 Å². The first-order chi connectivity index (χ1) is 14.3. The zero-order valence-electron chi connectivity index (χ0n) is 16.7. The fourth-order valence-electron chi connectivity index (χ4n) is 4.44. The normalized spacial score (nSPS) is 17.2. The Kier molecular flexibility index (Phi) is 5.22. The minimum absolute atomic E-state index is 0.523. The summed E-state index contributed by atoms with van der Waals surface area (Å²) in [5.41, 5.74) is 4.63. The number of nitrogens with one attached hydrogen (secondary N) is 1. The first-order valence-corrected chi connectivity index (χ1v) is 10.7. The van der Waals surface area contributed by atoms with Gasteiger partial charge in [-0.05, 0) is 30.5 Å². The number of pyridine rings is 1. The number of hydrogen-bond acceptors (Lipinski definition) is 5. The van der Waals surface area contributed by atoms with Gasteiger partial charge in [0.25, 0.3) is 0 Å². The summed E-state index contributed by atoms with van der Waals surface area (Å²) in [5, 5.41) is 3.76. The molecule has 2 aliphatic rings. The molecule has 5 rings (SSSR count). The zero-order chi connectivity index (χ0) is 19.5. The second kappa shape index (κ2) is 8.29. The highest BCUT2D eigenvalue weighted by atomic mass is 15.2. The largest absolute Gasteiger partial charge is 0.367 e. The molecule has 0 radical (unpaired) electrons. The van der Waals surface area contributed by atoms with Crippen LogP contribution < -0.4 is 5.32 Å². The summed E-state index contributed by atoms with van der Waals surface area (Å²) < 4.78 is 0. The average Bonchev–Trinajstić information content (AvgIpc) is 3.28. The van der Waals surface area contributed by atoms with Crippen molar-refractivity contribution in [2.45, 2.75) is 51.2 Å². The molecular formula is C24H27N5. The van der Waals surface area contributed by atoms with E-state index < -0.39 is 0 Å². The molecule has 1 aromatic carbocycles. The summed E-state index contributed by atoms with van der Waals surface area (Å²) in [6, 6.07) is 17.2. The number of hydrogen-bond donors (Lipinski definition) is 1. The maximum Gasteiger partial charge on any atom is 0.180 e. The van der Waals surface area contributed by atoms with Crippen molar-refractivity contribution in [2.24, 2.45) is 0 Å². The smallest absolute Gasteiger partial charge is 0.180 e. The van der Waals surface area contributed by atoms with Crippen LogP contribution in [0.3, 0.4) is 0 Å². The number of benzene rings is 1. The molecule has 3 heterocycles. The molecule has 1 aliphatic heterocycles. The monoisotopic (exact) mass is 385 g/mol. The van der Waals surface area contributed by atoms with E-state index >= 15 is 0 Å². The lowest BCUT2D eigenvalue weighted by Crippen LogP contribution is -2.32. The van der Waals surface area contributed by atoms with Crippen LogP contribution in [0.2, 0.25) is 0 Å². The highest BCUT2D eigenvalue weighted by Crippen LogP contribution is 2.30. The van der Waals surface area contributed by atoms with Crippen LogP contribution >= 0.6 is 0 Å². The summed E-state index contributed by atoms with van der Waals surface area (Å²) >= 11 is 0. The minimum Gasteiger partial charge on any atom is -0.367 e. The predicted molar refractivity (Wildman–Crippen MR) is 115 cm³/mol. The van der Waals surface area contributed by atoms with Gasteiger partial charge in [0.2, 0.25) is 0 Å². The Hall–Kier alpha value is -2.79. The molecule has 0 atom stereocenters. The van der Waals surface area contributed by atoms with Gasteiger partial charge in [-0.15, -0.1) is 0 Å². The van der Waals surface area contributed by atoms with Gasteiger partial charge in [-0.1, -0.05) is 49.2 Å². The Morgan fingerprint density at radius 1 is 0.966 bits per heavy atom. The summed E-state index contributed by atoms with van der Waals surface area (Å²) in [6.45, 7) is 2.87. The van der Waals surface area contributed by atoms with Gasteiger partial charge in [0.15, 0.2) is 5.82 Å². The van der Waals surface area contributed by atoms with E-state index in [1.807, 2.05) is 24.4 Å². The first-order valence-electron chi connectivity index (χ1n) is 10.7. The molecule has 0 unspecified atom stereocenters. The van der Waals surface area contributed by atoms with Gasteiger partial charge in [0.1, 0.15) is 11.5 Å². The highest BCUT2D eigenvalue weighted by molar-refractivity contribution is 5.57. The molecule has 1 N–H and O–H groups in total. The Balaban J connectivity index is 1.46. The van der Waals surface area contributed by atoms with Crippen LogP contribution in [0.1, 0.15) is 42.5 Å². The molecule has 0 bridgehead atoms. The standard InChI is InChI=1S/C24H27N5/c1-2-8-18(9-3-1)16-29-15-13-21-20(17-29)23(26-19-10-4-5-11-19)28-24(27-21)22-12-6-7-14-25-22/h1-3,6-9,12,14,19H,4-5,10-11,13,15-17H2,(H,26,27,28). The van der Waals surface area contributed by atoms with E-state index in [2.05, 4.69) is 45.5 Å². The molecule has 5 nitrogen and oxygen atoms in total. The SMILES string of the molecule is c1ccc(CN2CCc3nc(-c4ccccn4)nc(NC4CCCC4)c3C2)cc1. The molecule has 1 aliphatic carbocycles. The van der Waals surface area contributed by atoms with Gasteiger partial charge in [0, 0.05) is 43.9 Å². The number of fused-ring (bicyclic) bond motifs is 1. The van der Waals surface area contributed by atoms with Crippen LogP contribution in [-0.4, -0.2) is 32.4 Å². The van der Waals surface area contributed by atoms with Crippen molar-refractivity contribution in [1.29, 1.82) is 0 Å². The van der Waals surface area contributed by atoms with E-state index in [4.69, 9.17) is 9.97 Å². The van der Waals surface area contributed by atoms with Crippen LogP contribution in [-0.2, 0) is 19.5 Å². The molecule has 0 amide bonds. The van der Waals surface area contributed by atoms with Crippen LogP contribution in [0.25, 0.3) is 11.5 Å². The van der Waals surface area contributed by atoms with Crippen LogP contribution in [0.5, 0.6) is 0 Å². The molecule has 5 heteroatoms. The molecule has 148 valence electrons. The maximum absolute atomic E-state index is 4.95. The summed E-state index contributed by atoms with van der Waals surface area (Å²) in [7, 11) is 0. The maximum atomic E-state index is 4.95. The quantitative estimate of drug-likeness (QED) is 0.703. The lowest BCUT2D eigenvalue weighted by Gasteiger charge is -2.30. The van der Waals surface area contributed by atoms with Crippen molar-refractivity contribution in [2.75, 3.05) is 11.9 Å². The Bertz CT molecular complexity index is 952. The van der Waals surface area contributed by atoms with Crippen molar-refractivity contribution in [3.05, 3.63) is 71.5 Å². The zero-order valence-corrected chi connectivity index (χ0v) is 16.7. The van der Waals surface area contributed by atoms with E-state index in [0.29, 0.717) is 6.04 Å². The second-order valence-corrected chi connectivity index (χ2v) is 8.11. The minimum atomic E-state index is 0.523. The summed E-state index contributed by atoms with van der Waals surface area (Å²) in [6.07, 6.45) is 7.82. The third kappa shape index (κ3) is 4.15. The number of anilines is 1. The Morgan fingerprint density at radius 3 is 2.59 bits per heavy atom. The molecule has 29 heavy (non-hydrogen) atoms. The third-order valence-corrected chi connectivity index (χ3v) is 5.98. The van der Waals surface area contributed by atoms with Gasteiger partial charge < -0.3 is 5.32 Å². The lowest BCUT2D eigenvalue weighted by atomic mass is 10.0. The van der Waals surface area contributed by atoms with Crippen molar-refractivity contribution in [1.82, 2.24) is 19.9 Å². The van der Waals surface area contributed by atoms with Gasteiger partial charge >= 0.3 is 0 Å². The van der Waals surface area contributed by atoms with E-state index in [1.165, 1.54) is 42.5 Å². The highest BCUT2D eigenvalue weighted by Gasteiger charge is 2.25.